The van der Waals surface area contributed by atoms with Gasteiger partial charge in [-0.15, -0.1) is 5.10 Å². The minimum atomic E-state index is -0.165. The highest BCUT2D eigenvalue weighted by Gasteiger charge is 2.34. The Morgan fingerprint density at radius 3 is 2.59 bits per heavy atom. The number of tetrazole rings is 1. The lowest BCUT2D eigenvalue weighted by Crippen LogP contribution is -2.42. The van der Waals surface area contributed by atoms with Crippen molar-refractivity contribution in [3.8, 4) is 0 Å². The number of nitrogens with one attached hydrogen (secondary N) is 1. The normalized spacial score (nSPS) is 16.4. The molecule has 0 aliphatic heterocycles. The van der Waals surface area contributed by atoms with Gasteiger partial charge in [-0.2, -0.15) is 0 Å². The summed E-state index contributed by atoms with van der Waals surface area (Å²) in [5.41, 5.74) is 2.83. The molecule has 34 heavy (non-hydrogen) atoms. The topological polar surface area (TPSA) is 79.7 Å². The molecule has 1 aliphatic rings. The fraction of sp³-hybridized carbons (Fsp3) is 0.630. The van der Waals surface area contributed by atoms with Crippen LogP contribution in [0.3, 0.4) is 0 Å². The van der Waals surface area contributed by atoms with Crippen LogP contribution in [0, 0.1) is 0 Å². The van der Waals surface area contributed by atoms with Crippen LogP contribution < -0.4 is 5.56 Å². The van der Waals surface area contributed by atoms with Gasteiger partial charge in [-0.3, -0.25) is 9.69 Å². The second-order valence-corrected chi connectivity index (χ2v) is 10.4. The quantitative estimate of drug-likeness (QED) is 0.452. The first kappa shape index (κ1) is 24.6. The Bertz CT molecular complexity index is 1160. The zero-order valence-corrected chi connectivity index (χ0v) is 21.5. The van der Waals surface area contributed by atoms with Crippen LogP contribution in [0.2, 0.25) is 0 Å². The molecule has 3 aromatic rings. The zero-order chi connectivity index (χ0) is 24.3. The molecule has 1 N–H and O–H groups in total. The lowest BCUT2D eigenvalue weighted by atomic mass is 9.91. The van der Waals surface area contributed by atoms with Crippen molar-refractivity contribution < 1.29 is 0 Å². The number of aryl methyl sites for hydroxylation is 1. The van der Waals surface area contributed by atoms with Crippen LogP contribution in [-0.2, 0) is 18.5 Å². The maximum atomic E-state index is 13.1. The summed E-state index contributed by atoms with van der Waals surface area (Å²) in [6, 6.07) is 8.88. The Balaban J connectivity index is 1.76. The number of rotatable bonds is 9. The van der Waals surface area contributed by atoms with Crippen molar-refractivity contribution in [3.63, 3.8) is 0 Å². The van der Waals surface area contributed by atoms with Gasteiger partial charge in [-0.25, -0.2) is 4.68 Å². The van der Waals surface area contributed by atoms with Crippen LogP contribution in [-0.4, -0.2) is 36.1 Å². The summed E-state index contributed by atoms with van der Waals surface area (Å²) in [7, 11) is 0. The van der Waals surface area contributed by atoms with Gasteiger partial charge in [0.2, 0.25) is 0 Å². The van der Waals surface area contributed by atoms with Gasteiger partial charge in [0.25, 0.3) is 5.56 Å². The number of pyridine rings is 1. The zero-order valence-electron chi connectivity index (χ0n) is 21.5. The second-order valence-electron chi connectivity index (χ2n) is 10.4. The van der Waals surface area contributed by atoms with E-state index < -0.39 is 0 Å². The van der Waals surface area contributed by atoms with Crippen LogP contribution in [0.5, 0.6) is 0 Å². The summed E-state index contributed by atoms with van der Waals surface area (Å²) >= 11 is 0. The molecule has 4 rings (SSSR count). The SMILES string of the molecule is CCc1ccc2[nH]c(=O)c(CN(C3CCCCC3)C(CC)c3nnnn3C(C)(C)CC)cc2c1. The molecule has 0 saturated heterocycles. The molecule has 2 aromatic heterocycles. The Hall–Kier alpha value is -2.54. The number of hydrogen-bond acceptors (Lipinski definition) is 5. The number of nitrogens with zero attached hydrogens (tertiary/aromatic N) is 5. The average Bonchev–Trinajstić information content (AvgIpc) is 3.35. The van der Waals surface area contributed by atoms with Crippen molar-refractivity contribution in [2.24, 2.45) is 0 Å². The van der Waals surface area contributed by atoms with E-state index in [0.29, 0.717) is 12.6 Å². The van der Waals surface area contributed by atoms with E-state index in [-0.39, 0.29) is 17.1 Å². The third-order valence-corrected chi connectivity index (χ3v) is 7.81. The fourth-order valence-electron chi connectivity index (χ4n) is 5.29. The molecule has 7 nitrogen and oxygen atoms in total. The Labute approximate surface area is 202 Å². The highest BCUT2D eigenvalue weighted by atomic mass is 16.1. The molecule has 0 bridgehead atoms. The molecule has 2 heterocycles. The Morgan fingerprint density at radius 2 is 1.91 bits per heavy atom. The van der Waals surface area contributed by atoms with Crippen molar-refractivity contribution in [1.82, 2.24) is 30.1 Å². The third-order valence-electron chi connectivity index (χ3n) is 7.81. The molecule has 0 spiro atoms. The first-order valence-electron chi connectivity index (χ1n) is 13.1. The molecule has 1 atom stereocenters. The minimum absolute atomic E-state index is 0.000825. The van der Waals surface area contributed by atoms with Crippen molar-refractivity contribution in [2.75, 3.05) is 0 Å². The summed E-state index contributed by atoms with van der Waals surface area (Å²) < 4.78 is 2.01. The predicted octanol–water partition coefficient (Wildman–Crippen LogP) is 5.51. The maximum absolute atomic E-state index is 13.1. The molecule has 1 fully saturated rings. The number of hydrogen-bond donors (Lipinski definition) is 1. The molecular formula is C27H40N6O. The van der Waals surface area contributed by atoms with E-state index >= 15 is 0 Å². The summed E-state index contributed by atoms with van der Waals surface area (Å²) in [6.07, 6.45) is 8.87. The molecule has 0 amide bonds. The van der Waals surface area contributed by atoms with Crippen LogP contribution in [0.15, 0.2) is 29.1 Å². The van der Waals surface area contributed by atoms with E-state index in [0.717, 1.165) is 54.4 Å². The maximum Gasteiger partial charge on any atom is 0.252 e. The van der Waals surface area contributed by atoms with Gasteiger partial charge >= 0.3 is 0 Å². The standard InChI is InChI=1S/C27H40N6O/c1-6-19-14-15-23-20(16-19)17-21(26(34)28-23)18-32(22-12-10-9-11-13-22)24(7-2)25-29-30-31-33(25)27(4,5)8-3/h14-17,22,24H,6-13,18H2,1-5H3,(H,28,34). The van der Waals surface area contributed by atoms with E-state index in [1.54, 1.807) is 0 Å². The van der Waals surface area contributed by atoms with Gasteiger partial charge in [-0.1, -0.05) is 46.1 Å². The van der Waals surface area contributed by atoms with Crippen molar-refractivity contribution in [3.05, 3.63) is 51.6 Å². The van der Waals surface area contributed by atoms with E-state index in [2.05, 4.69) is 78.2 Å². The smallest absolute Gasteiger partial charge is 0.252 e. The second kappa shape index (κ2) is 10.4. The molecule has 1 unspecified atom stereocenters. The number of aromatic nitrogens is 5. The molecule has 1 saturated carbocycles. The Kier molecular flexibility index (Phi) is 7.51. The summed E-state index contributed by atoms with van der Waals surface area (Å²) in [5, 5.41) is 14.1. The molecular weight excluding hydrogens is 424 g/mol. The molecule has 1 aliphatic carbocycles. The highest BCUT2D eigenvalue weighted by molar-refractivity contribution is 5.79. The summed E-state index contributed by atoms with van der Waals surface area (Å²) in [6.45, 7) is 11.5. The van der Waals surface area contributed by atoms with Crippen molar-refractivity contribution >= 4 is 10.9 Å². The molecule has 1 aromatic carbocycles. The third kappa shape index (κ3) is 4.95. The lowest BCUT2D eigenvalue weighted by Gasteiger charge is -2.40. The monoisotopic (exact) mass is 464 g/mol. The van der Waals surface area contributed by atoms with Gasteiger partial charge in [0, 0.05) is 23.7 Å². The largest absolute Gasteiger partial charge is 0.322 e. The van der Waals surface area contributed by atoms with Crippen LogP contribution >= 0.6 is 0 Å². The molecule has 0 radical (unpaired) electrons. The predicted molar refractivity (Wildman–Crippen MR) is 137 cm³/mol. The number of H-pyrrole nitrogens is 1. The van der Waals surface area contributed by atoms with Crippen LogP contribution in [0.25, 0.3) is 10.9 Å². The van der Waals surface area contributed by atoms with Gasteiger partial charge in [0.1, 0.15) is 0 Å². The average molecular weight is 465 g/mol. The summed E-state index contributed by atoms with van der Waals surface area (Å²) in [4.78, 5) is 18.8. The number of benzene rings is 1. The summed E-state index contributed by atoms with van der Waals surface area (Å²) in [5.74, 6) is 0.908. The first-order valence-corrected chi connectivity index (χ1v) is 13.1. The van der Waals surface area contributed by atoms with Crippen molar-refractivity contribution in [1.29, 1.82) is 0 Å². The van der Waals surface area contributed by atoms with Gasteiger partial charge < -0.3 is 4.98 Å². The fourth-order valence-corrected chi connectivity index (χ4v) is 5.29. The lowest BCUT2D eigenvalue weighted by molar-refractivity contribution is 0.0801. The van der Waals surface area contributed by atoms with Gasteiger partial charge in [0.15, 0.2) is 5.82 Å². The van der Waals surface area contributed by atoms with Crippen LogP contribution in [0.1, 0.15) is 103 Å². The van der Waals surface area contributed by atoms with E-state index in [1.165, 1.54) is 24.8 Å². The minimum Gasteiger partial charge on any atom is -0.322 e. The molecule has 184 valence electrons. The van der Waals surface area contributed by atoms with E-state index in [4.69, 9.17) is 0 Å². The van der Waals surface area contributed by atoms with Crippen molar-refractivity contribution in [2.45, 2.75) is 110 Å². The highest BCUT2D eigenvalue weighted by Crippen LogP contribution is 2.34. The van der Waals surface area contributed by atoms with E-state index in [9.17, 15) is 4.79 Å². The number of aromatic amines is 1. The first-order chi connectivity index (χ1) is 16.4. The number of fused-ring (bicyclic) bond motifs is 1. The van der Waals surface area contributed by atoms with Gasteiger partial charge in [0.05, 0.1) is 11.6 Å². The van der Waals surface area contributed by atoms with Gasteiger partial charge in [-0.05, 0) is 85.5 Å². The van der Waals surface area contributed by atoms with E-state index in [1.807, 2.05) is 10.7 Å². The molecule has 7 heteroatoms. The Morgan fingerprint density at radius 1 is 1.15 bits per heavy atom. The van der Waals surface area contributed by atoms with Crippen LogP contribution in [0.4, 0.5) is 0 Å².